The number of hydrogen-bond donors (Lipinski definition) is 0. The fourth-order valence-electron chi connectivity index (χ4n) is 2.89. The highest BCUT2D eigenvalue weighted by Crippen LogP contribution is 2.33. The van der Waals surface area contributed by atoms with Gasteiger partial charge in [0.15, 0.2) is 0 Å². The number of carbonyl (C=O) groups excluding carboxylic acids is 1. The third kappa shape index (κ3) is 3.39. The summed E-state index contributed by atoms with van der Waals surface area (Å²) < 4.78 is 5.34. The van der Waals surface area contributed by atoms with Crippen LogP contribution >= 0.6 is 0 Å². The molecule has 116 valence electrons. The van der Waals surface area contributed by atoms with E-state index in [0.717, 1.165) is 22.4 Å². The van der Waals surface area contributed by atoms with Crippen LogP contribution in [0.2, 0.25) is 0 Å². The fraction of sp³-hybridized carbons (Fsp3) is 0.200. The maximum atomic E-state index is 11.2. The van der Waals surface area contributed by atoms with Crippen LogP contribution in [0.1, 0.15) is 24.5 Å². The minimum Gasteiger partial charge on any atom is -0.458 e. The normalized spacial score (nSPS) is 16.8. The summed E-state index contributed by atoms with van der Waals surface area (Å²) in [5.74, 6) is -0.255. The SMILES string of the molecule is CC(=O)OC1C=C(c2cccc(C)c2-c2ccccn2)C=CC1. The van der Waals surface area contributed by atoms with Crippen molar-refractivity contribution in [2.75, 3.05) is 0 Å². The number of rotatable bonds is 3. The van der Waals surface area contributed by atoms with E-state index in [9.17, 15) is 4.79 Å². The zero-order valence-corrected chi connectivity index (χ0v) is 13.3. The number of aryl methyl sites for hydroxylation is 1. The van der Waals surface area contributed by atoms with Crippen molar-refractivity contribution in [2.45, 2.75) is 26.4 Å². The van der Waals surface area contributed by atoms with E-state index in [0.29, 0.717) is 6.42 Å². The van der Waals surface area contributed by atoms with Gasteiger partial charge in [0.05, 0.1) is 5.69 Å². The molecule has 0 fully saturated rings. The number of pyridine rings is 1. The van der Waals surface area contributed by atoms with E-state index in [2.05, 4.69) is 30.1 Å². The van der Waals surface area contributed by atoms with Crippen LogP contribution in [0.3, 0.4) is 0 Å². The van der Waals surface area contributed by atoms with Crippen molar-refractivity contribution in [2.24, 2.45) is 0 Å². The largest absolute Gasteiger partial charge is 0.458 e. The van der Waals surface area contributed by atoms with E-state index in [4.69, 9.17) is 4.74 Å². The lowest BCUT2D eigenvalue weighted by Crippen LogP contribution is -2.15. The number of benzene rings is 1. The van der Waals surface area contributed by atoms with Crippen molar-refractivity contribution in [3.8, 4) is 11.3 Å². The molecule has 0 N–H and O–H groups in total. The minimum atomic E-state index is -0.255. The Hall–Kier alpha value is -2.68. The molecule has 1 unspecified atom stereocenters. The molecule has 0 amide bonds. The third-order valence-corrected chi connectivity index (χ3v) is 3.85. The standard InChI is InChI=1S/C20H19NO2/c1-14-7-5-10-18(20(14)19-11-3-4-12-21-19)16-8-6-9-17(13-16)23-15(2)22/h3-8,10-13,17H,9H2,1-2H3. The second-order valence-corrected chi connectivity index (χ2v) is 5.62. The topological polar surface area (TPSA) is 39.2 Å². The molecule has 3 nitrogen and oxygen atoms in total. The summed E-state index contributed by atoms with van der Waals surface area (Å²) in [6.07, 6.45) is 8.47. The average Bonchev–Trinajstić information content (AvgIpc) is 2.55. The van der Waals surface area contributed by atoms with Crippen LogP contribution in [0, 0.1) is 6.92 Å². The number of allylic oxidation sites excluding steroid dienone is 2. The number of aromatic nitrogens is 1. The predicted octanol–water partition coefficient (Wildman–Crippen LogP) is 4.33. The van der Waals surface area contributed by atoms with Gasteiger partial charge < -0.3 is 4.74 Å². The molecule has 2 aromatic rings. The number of ether oxygens (including phenoxy) is 1. The Balaban J connectivity index is 2.07. The lowest BCUT2D eigenvalue weighted by molar-refractivity contribution is -0.143. The van der Waals surface area contributed by atoms with Gasteiger partial charge in [-0.1, -0.05) is 36.4 Å². The second-order valence-electron chi connectivity index (χ2n) is 5.62. The Morgan fingerprint density at radius 3 is 2.83 bits per heavy atom. The maximum absolute atomic E-state index is 11.2. The Morgan fingerprint density at radius 1 is 1.22 bits per heavy atom. The highest BCUT2D eigenvalue weighted by Gasteiger charge is 2.17. The van der Waals surface area contributed by atoms with Crippen molar-refractivity contribution in [1.82, 2.24) is 4.98 Å². The van der Waals surface area contributed by atoms with Gasteiger partial charge in [0.25, 0.3) is 0 Å². The first-order chi connectivity index (χ1) is 11.1. The molecule has 3 rings (SSSR count). The van der Waals surface area contributed by atoms with E-state index < -0.39 is 0 Å². The molecule has 0 saturated carbocycles. The maximum Gasteiger partial charge on any atom is 0.303 e. The van der Waals surface area contributed by atoms with Gasteiger partial charge in [-0.25, -0.2) is 0 Å². The molecular weight excluding hydrogens is 286 g/mol. The number of nitrogens with zero attached hydrogens (tertiary/aromatic N) is 1. The molecule has 1 heterocycles. The lowest BCUT2D eigenvalue weighted by atomic mass is 9.90. The smallest absolute Gasteiger partial charge is 0.303 e. The van der Waals surface area contributed by atoms with Gasteiger partial charge in [-0.2, -0.15) is 0 Å². The molecule has 0 spiro atoms. The Labute approximate surface area is 136 Å². The van der Waals surface area contributed by atoms with Crippen LogP contribution in [0.15, 0.2) is 60.8 Å². The second kappa shape index (κ2) is 6.61. The average molecular weight is 305 g/mol. The quantitative estimate of drug-likeness (QED) is 0.792. The van der Waals surface area contributed by atoms with Gasteiger partial charge in [0, 0.05) is 25.1 Å². The van der Waals surface area contributed by atoms with Crippen molar-refractivity contribution in [3.05, 3.63) is 72.0 Å². The number of carbonyl (C=O) groups is 1. The first-order valence-corrected chi connectivity index (χ1v) is 7.72. The minimum absolute atomic E-state index is 0.204. The summed E-state index contributed by atoms with van der Waals surface area (Å²) in [7, 11) is 0. The van der Waals surface area contributed by atoms with Crippen molar-refractivity contribution in [3.63, 3.8) is 0 Å². The van der Waals surface area contributed by atoms with Crippen LogP contribution in [0.5, 0.6) is 0 Å². The van der Waals surface area contributed by atoms with Gasteiger partial charge in [-0.05, 0) is 41.8 Å². The summed E-state index contributed by atoms with van der Waals surface area (Å²) in [5, 5.41) is 0. The van der Waals surface area contributed by atoms with E-state index >= 15 is 0 Å². The van der Waals surface area contributed by atoms with E-state index in [-0.39, 0.29) is 12.1 Å². The lowest BCUT2D eigenvalue weighted by Gasteiger charge is -2.19. The Morgan fingerprint density at radius 2 is 2.09 bits per heavy atom. The van der Waals surface area contributed by atoms with Crippen LogP contribution in [-0.4, -0.2) is 17.1 Å². The fourth-order valence-corrected chi connectivity index (χ4v) is 2.89. The molecule has 23 heavy (non-hydrogen) atoms. The van der Waals surface area contributed by atoms with E-state index in [1.54, 1.807) is 6.20 Å². The van der Waals surface area contributed by atoms with Gasteiger partial charge in [-0.3, -0.25) is 9.78 Å². The molecule has 0 saturated heterocycles. The molecule has 0 radical (unpaired) electrons. The summed E-state index contributed by atoms with van der Waals surface area (Å²) in [5.41, 5.74) is 5.41. The van der Waals surface area contributed by atoms with Crippen LogP contribution in [0.25, 0.3) is 16.8 Å². The molecule has 1 aliphatic carbocycles. The summed E-state index contributed by atoms with van der Waals surface area (Å²) >= 11 is 0. The molecular formula is C20H19NO2. The van der Waals surface area contributed by atoms with Gasteiger partial charge in [0.2, 0.25) is 0 Å². The van der Waals surface area contributed by atoms with Crippen molar-refractivity contribution < 1.29 is 9.53 Å². The van der Waals surface area contributed by atoms with Crippen LogP contribution < -0.4 is 0 Å². The monoisotopic (exact) mass is 305 g/mol. The van der Waals surface area contributed by atoms with Gasteiger partial charge >= 0.3 is 5.97 Å². The summed E-state index contributed by atoms with van der Waals surface area (Å²) in [6, 6.07) is 12.1. The number of hydrogen-bond acceptors (Lipinski definition) is 3. The highest BCUT2D eigenvalue weighted by molar-refractivity contribution is 5.86. The molecule has 1 aliphatic rings. The van der Waals surface area contributed by atoms with Gasteiger partial charge in [0.1, 0.15) is 6.10 Å². The van der Waals surface area contributed by atoms with Crippen molar-refractivity contribution >= 4 is 11.5 Å². The molecule has 1 aromatic heterocycles. The Bertz CT molecular complexity index is 775. The third-order valence-electron chi connectivity index (χ3n) is 3.85. The van der Waals surface area contributed by atoms with E-state index in [1.807, 2.05) is 36.4 Å². The zero-order valence-electron chi connectivity index (χ0n) is 13.3. The van der Waals surface area contributed by atoms with Crippen LogP contribution in [-0.2, 0) is 9.53 Å². The van der Waals surface area contributed by atoms with E-state index in [1.165, 1.54) is 12.5 Å². The first kappa shape index (κ1) is 15.2. The molecule has 1 aromatic carbocycles. The summed E-state index contributed by atoms with van der Waals surface area (Å²) in [6.45, 7) is 3.53. The summed E-state index contributed by atoms with van der Waals surface area (Å²) in [4.78, 5) is 15.7. The number of esters is 1. The van der Waals surface area contributed by atoms with Crippen LogP contribution in [0.4, 0.5) is 0 Å². The molecule has 0 bridgehead atoms. The zero-order chi connectivity index (χ0) is 16.2. The van der Waals surface area contributed by atoms with Crippen molar-refractivity contribution in [1.29, 1.82) is 0 Å². The highest BCUT2D eigenvalue weighted by atomic mass is 16.5. The molecule has 3 heteroatoms. The van der Waals surface area contributed by atoms with Gasteiger partial charge in [-0.15, -0.1) is 0 Å². The molecule has 1 atom stereocenters. The molecule has 0 aliphatic heterocycles. The Kier molecular flexibility index (Phi) is 4.38. The first-order valence-electron chi connectivity index (χ1n) is 7.72. The predicted molar refractivity (Wildman–Crippen MR) is 91.7 cm³/mol.